The lowest BCUT2D eigenvalue weighted by Crippen LogP contribution is -2.14. The van der Waals surface area contributed by atoms with E-state index in [1.54, 1.807) is 0 Å². The zero-order chi connectivity index (χ0) is 15.3. The Morgan fingerprint density at radius 2 is 2.18 bits per heavy atom. The molecular formula is C17H17N3OS. The average molecular weight is 311 g/mol. The van der Waals surface area contributed by atoms with E-state index in [0.29, 0.717) is 11.0 Å². The lowest BCUT2D eigenvalue weighted by atomic mass is 10.1. The number of thiazole rings is 1. The van der Waals surface area contributed by atoms with Gasteiger partial charge in [-0.1, -0.05) is 25.1 Å². The van der Waals surface area contributed by atoms with Crippen LogP contribution in [-0.4, -0.2) is 15.9 Å². The van der Waals surface area contributed by atoms with Crippen LogP contribution in [0.15, 0.2) is 29.6 Å². The first-order valence-corrected chi connectivity index (χ1v) is 8.35. The Morgan fingerprint density at radius 3 is 2.95 bits per heavy atom. The number of aryl methyl sites for hydroxylation is 1. The predicted octanol–water partition coefficient (Wildman–Crippen LogP) is 4.19. The predicted molar refractivity (Wildman–Crippen MR) is 90.0 cm³/mol. The van der Waals surface area contributed by atoms with Gasteiger partial charge in [0.1, 0.15) is 0 Å². The summed E-state index contributed by atoms with van der Waals surface area (Å²) in [7, 11) is 0. The minimum absolute atomic E-state index is 0.101. The van der Waals surface area contributed by atoms with E-state index in [-0.39, 0.29) is 11.8 Å². The van der Waals surface area contributed by atoms with E-state index >= 15 is 0 Å². The first-order valence-electron chi connectivity index (χ1n) is 7.47. The number of fused-ring (bicyclic) bond motifs is 1. The minimum atomic E-state index is 0.101. The number of H-pyrrole nitrogens is 1. The molecular weight excluding hydrogens is 294 g/mol. The molecule has 1 amide bonds. The zero-order valence-electron chi connectivity index (χ0n) is 12.5. The molecule has 2 N–H and O–H groups in total. The normalized spacial score (nSPS) is 20.3. The monoisotopic (exact) mass is 311 g/mol. The Balaban J connectivity index is 1.65. The largest absolute Gasteiger partial charge is 0.358 e. The molecule has 1 aliphatic carbocycles. The molecule has 0 bridgehead atoms. The molecule has 1 fully saturated rings. The number of para-hydroxylation sites is 1. The first-order chi connectivity index (χ1) is 10.6. The number of benzene rings is 1. The van der Waals surface area contributed by atoms with Gasteiger partial charge in [-0.3, -0.25) is 4.79 Å². The van der Waals surface area contributed by atoms with E-state index in [0.717, 1.165) is 28.9 Å². The third-order valence-electron chi connectivity index (χ3n) is 4.33. The van der Waals surface area contributed by atoms with Crippen molar-refractivity contribution in [2.75, 3.05) is 5.32 Å². The second kappa shape index (κ2) is 4.95. The quantitative estimate of drug-likeness (QED) is 0.762. The molecule has 5 heteroatoms. The molecule has 0 spiro atoms. The molecule has 2 atom stereocenters. The van der Waals surface area contributed by atoms with Crippen molar-refractivity contribution in [2.45, 2.75) is 20.3 Å². The molecule has 1 saturated carbocycles. The van der Waals surface area contributed by atoms with Gasteiger partial charge in [0.05, 0.1) is 5.69 Å². The summed E-state index contributed by atoms with van der Waals surface area (Å²) in [5.74, 6) is 0.779. The molecule has 112 valence electrons. The Morgan fingerprint density at radius 1 is 1.41 bits per heavy atom. The molecule has 2 aromatic heterocycles. The van der Waals surface area contributed by atoms with E-state index in [4.69, 9.17) is 0 Å². The van der Waals surface area contributed by atoms with Crippen LogP contribution in [-0.2, 0) is 4.79 Å². The summed E-state index contributed by atoms with van der Waals surface area (Å²) in [6.45, 7) is 4.16. The standard InChI is InChI=1S/C17H17N3OS/c1-9-7-12(9)16(21)20-17-19-14(8-22-17)15-10(2)18-13-6-4-3-5-11(13)15/h3-6,8-9,12,18H,7H2,1-2H3,(H,19,20,21). The highest BCUT2D eigenvalue weighted by Gasteiger charge is 2.39. The summed E-state index contributed by atoms with van der Waals surface area (Å²) in [4.78, 5) is 20.0. The van der Waals surface area contributed by atoms with Crippen LogP contribution < -0.4 is 5.32 Å². The topological polar surface area (TPSA) is 57.8 Å². The fourth-order valence-electron chi connectivity index (χ4n) is 2.94. The van der Waals surface area contributed by atoms with Crippen LogP contribution in [0.2, 0.25) is 0 Å². The maximum atomic E-state index is 12.0. The van der Waals surface area contributed by atoms with Gasteiger partial charge in [0.15, 0.2) is 5.13 Å². The van der Waals surface area contributed by atoms with Crippen molar-refractivity contribution in [2.24, 2.45) is 11.8 Å². The van der Waals surface area contributed by atoms with Crippen molar-refractivity contribution in [1.29, 1.82) is 0 Å². The highest BCUT2D eigenvalue weighted by atomic mass is 32.1. The molecule has 22 heavy (non-hydrogen) atoms. The van der Waals surface area contributed by atoms with Gasteiger partial charge in [0, 0.05) is 33.5 Å². The fourth-order valence-corrected chi connectivity index (χ4v) is 3.64. The fraction of sp³-hybridized carbons (Fsp3) is 0.294. The number of rotatable bonds is 3. The molecule has 2 unspecified atom stereocenters. The lowest BCUT2D eigenvalue weighted by molar-refractivity contribution is -0.117. The van der Waals surface area contributed by atoms with Crippen molar-refractivity contribution in [1.82, 2.24) is 9.97 Å². The summed E-state index contributed by atoms with van der Waals surface area (Å²) in [6, 6.07) is 8.21. The maximum absolute atomic E-state index is 12.0. The van der Waals surface area contributed by atoms with E-state index in [2.05, 4.69) is 41.3 Å². The van der Waals surface area contributed by atoms with Gasteiger partial charge in [-0.2, -0.15) is 0 Å². The van der Waals surface area contributed by atoms with Gasteiger partial charge in [-0.05, 0) is 25.3 Å². The van der Waals surface area contributed by atoms with E-state index < -0.39 is 0 Å². The Kier molecular flexibility index (Phi) is 3.04. The number of amides is 1. The van der Waals surface area contributed by atoms with E-state index in [1.165, 1.54) is 16.7 Å². The van der Waals surface area contributed by atoms with E-state index in [9.17, 15) is 4.79 Å². The highest BCUT2D eigenvalue weighted by molar-refractivity contribution is 7.14. The van der Waals surface area contributed by atoms with Crippen LogP contribution >= 0.6 is 11.3 Å². The molecule has 2 heterocycles. The molecule has 0 aliphatic heterocycles. The number of nitrogens with zero attached hydrogens (tertiary/aromatic N) is 1. The van der Waals surface area contributed by atoms with Crippen LogP contribution in [0.25, 0.3) is 22.2 Å². The van der Waals surface area contributed by atoms with Crippen LogP contribution in [0, 0.1) is 18.8 Å². The summed E-state index contributed by atoms with van der Waals surface area (Å²) >= 11 is 1.48. The van der Waals surface area contributed by atoms with Crippen LogP contribution in [0.4, 0.5) is 5.13 Å². The zero-order valence-corrected chi connectivity index (χ0v) is 13.3. The number of aromatic nitrogens is 2. The lowest BCUT2D eigenvalue weighted by Gasteiger charge is -1.99. The molecule has 4 rings (SSSR count). The second-order valence-corrected chi connectivity index (χ2v) is 6.88. The van der Waals surface area contributed by atoms with Gasteiger partial charge < -0.3 is 10.3 Å². The van der Waals surface area contributed by atoms with Crippen LogP contribution in [0.1, 0.15) is 19.0 Å². The Hall–Kier alpha value is -2.14. The summed E-state index contributed by atoms with van der Waals surface area (Å²) in [6.07, 6.45) is 0.992. The molecule has 0 saturated heterocycles. The highest BCUT2D eigenvalue weighted by Crippen LogP contribution is 2.39. The van der Waals surface area contributed by atoms with Crippen molar-refractivity contribution < 1.29 is 4.79 Å². The first kappa shape index (κ1) is 13.5. The van der Waals surface area contributed by atoms with Crippen LogP contribution in [0.5, 0.6) is 0 Å². The molecule has 1 aliphatic rings. The van der Waals surface area contributed by atoms with Crippen molar-refractivity contribution >= 4 is 33.3 Å². The number of hydrogen-bond donors (Lipinski definition) is 2. The van der Waals surface area contributed by atoms with Crippen molar-refractivity contribution in [3.8, 4) is 11.3 Å². The second-order valence-electron chi connectivity index (χ2n) is 6.02. The van der Waals surface area contributed by atoms with Gasteiger partial charge in [0.2, 0.25) is 5.91 Å². The number of anilines is 1. The molecule has 4 nitrogen and oxygen atoms in total. The van der Waals surface area contributed by atoms with Gasteiger partial charge in [-0.15, -0.1) is 11.3 Å². The Labute approximate surface area is 132 Å². The smallest absolute Gasteiger partial charge is 0.229 e. The molecule has 3 aromatic rings. The third kappa shape index (κ3) is 2.22. The number of nitrogens with one attached hydrogen (secondary N) is 2. The van der Waals surface area contributed by atoms with E-state index in [1.807, 2.05) is 17.5 Å². The van der Waals surface area contributed by atoms with Gasteiger partial charge >= 0.3 is 0 Å². The molecule has 1 aromatic carbocycles. The maximum Gasteiger partial charge on any atom is 0.229 e. The summed E-state index contributed by atoms with van der Waals surface area (Å²) in [5, 5.41) is 6.80. The van der Waals surface area contributed by atoms with Gasteiger partial charge in [0.25, 0.3) is 0 Å². The van der Waals surface area contributed by atoms with Gasteiger partial charge in [-0.25, -0.2) is 4.98 Å². The number of aromatic amines is 1. The third-order valence-corrected chi connectivity index (χ3v) is 5.09. The minimum Gasteiger partial charge on any atom is -0.358 e. The number of carbonyl (C=O) groups is 1. The summed E-state index contributed by atoms with van der Waals surface area (Å²) in [5.41, 5.74) is 4.24. The number of carbonyl (C=O) groups excluding carboxylic acids is 1. The number of hydrogen-bond acceptors (Lipinski definition) is 3. The average Bonchev–Trinajstić information content (AvgIpc) is 2.92. The van der Waals surface area contributed by atoms with Crippen molar-refractivity contribution in [3.63, 3.8) is 0 Å². The SMILES string of the molecule is Cc1[nH]c2ccccc2c1-c1csc(NC(=O)C2CC2C)n1. The van der Waals surface area contributed by atoms with Crippen molar-refractivity contribution in [3.05, 3.63) is 35.3 Å². The molecule has 0 radical (unpaired) electrons. The summed E-state index contributed by atoms with van der Waals surface area (Å²) < 4.78 is 0. The Bertz CT molecular complexity index is 864. The van der Waals surface area contributed by atoms with Crippen LogP contribution in [0.3, 0.4) is 0 Å².